The summed E-state index contributed by atoms with van der Waals surface area (Å²) < 4.78 is 2.23. The van der Waals surface area contributed by atoms with E-state index in [4.69, 9.17) is 10.7 Å². The van der Waals surface area contributed by atoms with E-state index in [0.29, 0.717) is 0 Å². The molecule has 0 fully saturated rings. The van der Waals surface area contributed by atoms with Crippen molar-refractivity contribution in [3.05, 3.63) is 29.6 Å². The third kappa shape index (κ3) is 2.50. The Kier molecular flexibility index (Phi) is 3.79. The monoisotopic (exact) mass is 231 g/mol. The van der Waals surface area contributed by atoms with E-state index in [2.05, 4.69) is 36.7 Å². The maximum atomic E-state index is 5.50. The molecule has 0 amide bonds. The molecule has 0 aliphatic heterocycles. The van der Waals surface area contributed by atoms with E-state index >= 15 is 0 Å². The van der Waals surface area contributed by atoms with Gasteiger partial charge in [0.1, 0.15) is 5.82 Å². The number of nitrogens with zero attached hydrogens (tertiary/aromatic N) is 2. The van der Waals surface area contributed by atoms with Crippen LogP contribution in [0.25, 0.3) is 11.0 Å². The molecule has 0 atom stereocenters. The normalized spacial score (nSPS) is 11.2. The number of rotatable bonds is 5. The van der Waals surface area contributed by atoms with Gasteiger partial charge >= 0.3 is 0 Å². The van der Waals surface area contributed by atoms with E-state index in [0.717, 1.165) is 24.9 Å². The molecule has 0 saturated heterocycles. The molecule has 17 heavy (non-hydrogen) atoms. The predicted molar refractivity (Wildman–Crippen MR) is 72.1 cm³/mol. The maximum absolute atomic E-state index is 5.50. The Morgan fingerprint density at radius 2 is 2.06 bits per heavy atom. The lowest BCUT2D eigenvalue weighted by molar-refractivity contribution is 0.656. The van der Waals surface area contributed by atoms with Gasteiger partial charge in [0.15, 0.2) is 0 Å². The summed E-state index contributed by atoms with van der Waals surface area (Å²) in [5, 5.41) is 0. The number of aryl methyl sites for hydroxylation is 3. The second-order valence-corrected chi connectivity index (χ2v) is 4.63. The average molecular weight is 231 g/mol. The Morgan fingerprint density at radius 3 is 2.76 bits per heavy atom. The second kappa shape index (κ2) is 5.32. The highest BCUT2D eigenvalue weighted by atomic mass is 15.1. The molecular weight excluding hydrogens is 210 g/mol. The summed E-state index contributed by atoms with van der Waals surface area (Å²) in [6.07, 6.45) is 4.53. The summed E-state index contributed by atoms with van der Waals surface area (Å²) in [7, 11) is 2.11. The summed E-state index contributed by atoms with van der Waals surface area (Å²) in [6.45, 7) is 2.93. The highest BCUT2D eigenvalue weighted by Gasteiger charge is 2.08. The molecule has 0 bridgehead atoms. The van der Waals surface area contributed by atoms with Crippen LogP contribution in [-0.4, -0.2) is 16.1 Å². The molecule has 1 aromatic carbocycles. The van der Waals surface area contributed by atoms with Crippen LogP contribution < -0.4 is 5.73 Å². The number of nitrogens with two attached hydrogens (primary N) is 1. The molecule has 2 rings (SSSR count). The van der Waals surface area contributed by atoms with Crippen molar-refractivity contribution >= 4 is 11.0 Å². The molecular formula is C14H21N3. The molecule has 0 spiro atoms. The minimum atomic E-state index is 0.793. The van der Waals surface area contributed by atoms with Crippen LogP contribution in [0.5, 0.6) is 0 Å². The number of hydrogen-bond acceptors (Lipinski definition) is 2. The quantitative estimate of drug-likeness (QED) is 0.804. The SMILES string of the molecule is Cc1cccc2nc(CCCCCN)n(C)c12. The molecule has 0 saturated carbocycles. The first-order valence-corrected chi connectivity index (χ1v) is 6.35. The minimum absolute atomic E-state index is 0.793. The summed E-state index contributed by atoms with van der Waals surface area (Å²) in [5.74, 6) is 1.19. The number of imidazole rings is 1. The molecule has 0 radical (unpaired) electrons. The van der Waals surface area contributed by atoms with Crippen LogP contribution in [0, 0.1) is 6.92 Å². The van der Waals surface area contributed by atoms with Gasteiger partial charge in [-0.2, -0.15) is 0 Å². The van der Waals surface area contributed by atoms with Gasteiger partial charge in [0.25, 0.3) is 0 Å². The molecule has 0 aliphatic carbocycles. The standard InChI is InChI=1S/C14H21N3/c1-11-7-6-8-12-14(11)17(2)13(16-12)9-4-3-5-10-15/h6-8H,3-5,9-10,15H2,1-2H3. The summed E-state index contributed by atoms with van der Waals surface area (Å²) in [4.78, 5) is 4.70. The minimum Gasteiger partial charge on any atom is -0.331 e. The number of unbranched alkanes of at least 4 members (excludes halogenated alkanes) is 2. The van der Waals surface area contributed by atoms with E-state index in [9.17, 15) is 0 Å². The number of hydrogen-bond donors (Lipinski definition) is 1. The van der Waals surface area contributed by atoms with Crippen LogP contribution in [0.3, 0.4) is 0 Å². The molecule has 2 aromatic rings. The Morgan fingerprint density at radius 1 is 1.24 bits per heavy atom. The van der Waals surface area contributed by atoms with E-state index < -0.39 is 0 Å². The number of fused-ring (bicyclic) bond motifs is 1. The first-order chi connectivity index (χ1) is 8.24. The highest BCUT2D eigenvalue weighted by molar-refractivity contribution is 5.79. The maximum Gasteiger partial charge on any atom is 0.109 e. The largest absolute Gasteiger partial charge is 0.331 e. The number of benzene rings is 1. The Bertz CT molecular complexity index is 499. The van der Waals surface area contributed by atoms with Gasteiger partial charge in [-0.05, 0) is 37.9 Å². The topological polar surface area (TPSA) is 43.8 Å². The predicted octanol–water partition coefficient (Wildman–Crippen LogP) is 2.55. The zero-order valence-electron chi connectivity index (χ0n) is 10.7. The molecule has 92 valence electrons. The zero-order valence-corrected chi connectivity index (χ0v) is 10.7. The lowest BCUT2D eigenvalue weighted by Crippen LogP contribution is -2.01. The molecule has 3 nitrogen and oxygen atoms in total. The molecule has 3 heteroatoms. The van der Waals surface area contributed by atoms with E-state index in [1.54, 1.807) is 0 Å². The van der Waals surface area contributed by atoms with Crippen LogP contribution in [0.1, 0.15) is 30.7 Å². The van der Waals surface area contributed by atoms with Crippen LogP contribution >= 0.6 is 0 Å². The molecule has 1 aromatic heterocycles. The van der Waals surface area contributed by atoms with Crippen molar-refractivity contribution in [3.8, 4) is 0 Å². The van der Waals surface area contributed by atoms with Crippen LogP contribution in [0.2, 0.25) is 0 Å². The molecule has 1 heterocycles. The van der Waals surface area contributed by atoms with Crippen molar-refractivity contribution in [2.45, 2.75) is 32.6 Å². The van der Waals surface area contributed by atoms with Gasteiger partial charge in [-0.3, -0.25) is 0 Å². The Labute approximate surface area is 103 Å². The fraction of sp³-hybridized carbons (Fsp3) is 0.500. The fourth-order valence-electron chi connectivity index (χ4n) is 2.34. The highest BCUT2D eigenvalue weighted by Crippen LogP contribution is 2.19. The van der Waals surface area contributed by atoms with Gasteiger partial charge in [0.2, 0.25) is 0 Å². The summed E-state index contributed by atoms with van der Waals surface area (Å²) >= 11 is 0. The number of para-hydroxylation sites is 1. The van der Waals surface area contributed by atoms with Crippen LogP contribution in [0.4, 0.5) is 0 Å². The average Bonchev–Trinajstić information content (AvgIpc) is 2.63. The van der Waals surface area contributed by atoms with Gasteiger partial charge in [0.05, 0.1) is 11.0 Å². The first kappa shape index (κ1) is 12.1. The van der Waals surface area contributed by atoms with E-state index in [1.807, 2.05) is 0 Å². The third-order valence-corrected chi connectivity index (χ3v) is 3.29. The van der Waals surface area contributed by atoms with Gasteiger partial charge < -0.3 is 10.3 Å². The van der Waals surface area contributed by atoms with E-state index in [1.165, 1.54) is 29.7 Å². The van der Waals surface area contributed by atoms with Crippen LogP contribution in [-0.2, 0) is 13.5 Å². The molecule has 2 N–H and O–H groups in total. The van der Waals surface area contributed by atoms with Crippen molar-refractivity contribution in [1.29, 1.82) is 0 Å². The Hall–Kier alpha value is -1.35. The van der Waals surface area contributed by atoms with Crippen molar-refractivity contribution in [1.82, 2.24) is 9.55 Å². The fourth-order valence-corrected chi connectivity index (χ4v) is 2.34. The third-order valence-electron chi connectivity index (χ3n) is 3.29. The lowest BCUT2D eigenvalue weighted by Gasteiger charge is -2.03. The number of aromatic nitrogens is 2. The first-order valence-electron chi connectivity index (χ1n) is 6.35. The Balaban J connectivity index is 2.18. The second-order valence-electron chi connectivity index (χ2n) is 4.63. The molecule has 0 aliphatic rings. The molecule has 0 unspecified atom stereocenters. The van der Waals surface area contributed by atoms with Crippen molar-refractivity contribution in [2.24, 2.45) is 12.8 Å². The summed E-state index contributed by atoms with van der Waals surface area (Å²) in [6, 6.07) is 6.30. The van der Waals surface area contributed by atoms with Crippen LogP contribution in [0.15, 0.2) is 18.2 Å². The van der Waals surface area contributed by atoms with Crippen molar-refractivity contribution in [2.75, 3.05) is 6.54 Å². The van der Waals surface area contributed by atoms with Crippen molar-refractivity contribution < 1.29 is 0 Å². The van der Waals surface area contributed by atoms with Gasteiger partial charge in [-0.15, -0.1) is 0 Å². The lowest BCUT2D eigenvalue weighted by atomic mass is 10.2. The smallest absolute Gasteiger partial charge is 0.109 e. The van der Waals surface area contributed by atoms with E-state index in [-0.39, 0.29) is 0 Å². The van der Waals surface area contributed by atoms with Gasteiger partial charge in [0, 0.05) is 13.5 Å². The van der Waals surface area contributed by atoms with Gasteiger partial charge in [-0.25, -0.2) is 4.98 Å². The van der Waals surface area contributed by atoms with Crippen molar-refractivity contribution in [3.63, 3.8) is 0 Å². The zero-order chi connectivity index (χ0) is 12.3. The summed E-state index contributed by atoms with van der Waals surface area (Å²) in [5.41, 5.74) is 9.17. The van der Waals surface area contributed by atoms with Gasteiger partial charge in [-0.1, -0.05) is 18.6 Å².